The van der Waals surface area contributed by atoms with Gasteiger partial charge in [0, 0.05) is 23.3 Å². The molecule has 4 rings (SSSR count). The third kappa shape index (κ3) is 3.69. The minimum atomic E-state index is -3.91. The van der Waals surface area contributed by atoms with E-state index >= 15 is 0 Å². The lowest BCUT2D eigenvalue weighted by molar-refractivity contribution is 0.469. The Balaban J connectivity index is 1.84. The summed E-state index contributed by atoms with van der Waals surface area (Å²) in [7, 11) is -3.91. The van der Waals surface area contributed by atoms with Crippen molar-refractivity contribution in [3.63, 3.8) is 0 Å². The molecule has 0 bridgehead atoms. The summed E-state index contributed by atoms with van der Waals surface area (Å²) in [4.78, 5) is 3.99. The molecule has 2 N–H and O–H groups in total. The Morgan fingerprint density at radius 2 is 1.85 bits per heavy atom. The average Bonchev–Trinajstić information content (AvgIpc) is 3.36. The van der Waals surface area contributed by atoms with E-state index in [0.29, 0.717) is 17.0 Å². The van der Waals surface area contributed by atoms with Crippen LogP contribution in [0, 0.1) is 0 Å². The van der Waals surface area contributed by atoms with Gasteiger partial charge in [-0.1, -0.05) is 24.3 Å². The van der Waals surface area contributed by atoms with E-state index in [1.54, 1.807) is 41.9 Å². The first-order valence-corrected chi connectivity index (χ1v) is 10.3. The Labute approximate surface area is 159 Å². The predicted octanol–water partition coefficient (Wildman–Crippen LogP) is 4.13. The lowest BCUT2D eigenvalue weighted by Crippen LogP contribution is -2.14. The lowest BCUT2D eigenvalue weighted by Gasteiger charge is -2.15. The van der Waals surface area contributed by atoms with Gasteiger partial charge in [-0.25, -0.2) is 13.4 Å². The molecule has 0 spiro atoms. The van der Waals surface area contributed by atoms with Crippen molar-refractivity contribution < 1.29 is 13.2 Å². The normalized spacial score (nSPS) is 11.3. The number of anilines is 1. The number of H-pyrrole nitrogens is 1. The standard InChI is InChI=1S/C18H14N4O3S2/c23-27(24,22-18-19-11-12-26-18)16-8-4-7-14(15-9-10-20-21-15)17(16)25-13-5-2-1-3-6-13/h1-12H,(H,19,22)(H,20,21). The van der Waals surface area contributed by atoms with Crippen molar-refractivity contribution in [2.45, 2.75) is 4.90 Å². The molecule has 136 valence electrons. The van der Waals surface area contributed by atoms with E-state index in [9.17, 15) is 8.42 Å². The summed E-state index contributed by atoms with van der Waals surface area (Å²) in [6, 6.07) is 15.7. The largest absolute Gasteiger partial charge is 0.455 e. The number of rotatable bonds is 6. The van der Waals surface area contributed by atoms with Gasteiger partial charge in [-0.05, 0) is 30.3 Å². The van der Waals surface area contributed by atoms with Crippen molar-refractivity contribution in [2.24, 2.45) is 0 Å². The van der Waals surface area contributed by atoms with E-state index in [1.165, 1.54) is 23.6 Å². The molecule has 0 aliphatic carbocycles. The summed E-state index contributed by atoms with van der Waals surface area (Å²) in [5.41, 5.74) is 1.23. The van der Waals surface area contributed by atoms with Crippen LogP contribution in [0.1, 0.15) is 0 Å². The molecule has 0 radical (unpaired) electrons. The second-order valence-electron chi connectivity index (χ2n) is 5.46. The molecule has 2 aromatic carbocycles. The van der Waals surface area contributed by atoms with Crippen LogP contribution in [0.4, 0.5) is 5.13 Å². The van der Waals surface area contributed by atoms with E-state index in [0.717, 1.165) is 0 Å². The van der Waals surface area contributed by atoms with Crippen molar-refractivity contribution in [1.82, 2.24) is 15.2 Å². The highest BCUT2D eigenvalue weighted by Gasteiger charge is 2.24. The molecule has 0 aliphatic rings. The zero-order valence-corrected chi connectivity index (χ0v) is 15.5. The number of hydrogen-bond donors (Lipinski definition) is 2. The van der Waals surface area contributed by atoms with Crippen molar-refractivity contribution >= 4 is 26.5 Å². The molecular weight excluding hydrogens is 384 g/mol. The third-order valence-electron chi connectivity index (χ3n) is 3.68. The zero-order valence-electron chi connectivity index (χ0n) is 13.9. The molecule has 0 unspecified atom stereocenters. The van der Waals surface area contributed by atoms with Gasteiger partial charge in [-0.2, -0.15) is 5.10 Å². The molecule has 7 nitrogen and oxygen atoms in total. The first-order chi connectivity index (χ1) is 13.1. The van der Waals surface area contributed by atoms with Crippen LogP contribution in [-0.2, 0) is 10.0 Å². The lowest BCUT2D eigenvalue weighted by atomic mass is 10.1. The fourth-order valence-electron chi connectivity index (χ4n) is 2.50. The molecule has 2 heterocycles. The predicted molar refractivity (Wildman–Crippen MR) is 103 cm³/mol. The molecule has 0 saturated heterocycles. The van der Waals surface area contributed by atoms with Gasteiger partial charge in [0.15, 0.2) is 10.9 Å². The van der Waals surface area contributed by atoms with Crippen LogP contribution in [0.25, 0.3) is 11.3 Å². The Kier molecular flexibility index (Phi) is 4.61. The van der Waals surface area contributed by atoms with Gasteiger partial charge >= 0.3 is 0 Å². The number of ether oxygens (including phenoxy) is 1. The Morgan fingerprint density at radius 1 is 1.00 bits per heavy atom. The molecule has 0 aliphatic heterocycles. The molecule has 4 aromatic rings. The third-order valence-corrected chi connectivity index (χ3v) is 5.86. The second kappa shape index (κ2) is 7.22. The Hall–Kier alpha value is -3.17. The van der Waals surface area contributed by atoms with Gasteiger partial charge in [-0.15, -0.1) is 11.3 Å². The Morgan fingerprint density at radius 3 is 2.56 bits per heavy atom. The number of sulfonamides is 1. The summed E-state index contributed by atoms with van der Waals surface area (Å²) in [5.74, 6) is 0.729. The summed E-state index contributed by atoms with van der Waals surface area (Å²) >= 11 is 1.20. The molecule has 0 saturated carbocycles. The van der Waals surface area contributed by atoms with Gasteiger partial charge in [-0.3, -0.25) is 9.82 Å². The molecule has 0 atom stereocenters. The number of nitrogens with one attached hydrogen (secondary N) is 2. The van der Waals surface area contributed by atoms with Crippen LogP contribution >= 0.6 is 11.3 Å². The molecule has 0 amide bonds. The number of para-hydroxylation sites is 2. The van der Waals surface area contributed by atoms with Gasteiger partial charge in [0.2, 0.25) is 0 Å². The highest BCUT2D eigenvalue weighted by atomic mass is 32.2. The number of aromatic nitrogens is 3. The van der Waals surface area contributed by atoms with Gasteiger partial charge < -0.3 is 4.74 Å². The number of thiazole rings is 1. The van der Waals surface area contributed by atoms with E-state index in [1.807, 2.05) is 18.2 Å². The molecular formula is C18H14N4O3S2. The highest BCUT2D eigenvalue weighted by Crippen LogP contribution is 2.38. The summed E-state index contributed by atoms with van der Waals surface area (Å²) in [6.45, 7) is 0. The average molecular weight is 398 g/mol. The SMILES string of the molecule is O=S(=O)(Nc1nccs1)c1cccc(-c2ccn[nH]2)c1Oc1ccccc1. The van der Waals surface area contributed by atoms with Crippen molar-refractivity contribution in [2.75, 3.05) is 4.72 Å². The number of aromatic amines is 1. The van der Waals surface area contributed by atoms with E-state index in [-0.39, 0.29) is 15.8 Å². The quantitative estimate of drug-likeness (QED) is 0.509. The van der Waals surface area contributed by atoms with Gasteiger partial charge in [0.1, 0.15) is 10.6 Å². The van der Waals surface area contributed by atoms with Gasteiger partial charge in [0.25, 0.3) is 10.0 Å². The molecule has 0 fully saturated rings. The van der Waals surface area contributed by atoms with Crippen molar-refractivity contribution in [3.05, 3.63) is 72.4 Å². The Bertz CT molecular complexity index is 1130. The zero-order chi connectivity index (χ0) is 18.7. The van der Waals surface area contributed by atoms with Crippen LogP contribution in [0.15, 0.2) is 77.3 Å². The first kappa shape index (κ1) is 17.3. The fraction of sp³-hybridized carbons (Fsp3) is 0. The van der Waals surface area contributed by atoms with Crippen LogP contribution < -0.4 is 9.46 Å². The maximum Gasteiger partial charge on any atom is 0.267 e. The van der Waals surface area contributed by atoms with Crippen LogP contribution in [0.3, 0.4) is 0 Å². The smallest absolute Gasteiger partial charge is 0.267 e. The molecule has 2 aromatic heterocycles. The fourth-order valence-corrected chi connectivity index (χ4v) is 4.44. The molecule has 9 heteroatoms. The van der Waals surface area contributed by atoms with Crippen LogP contribution in [0.2, 0.25) is 0 Å². The first-order valence-electron chi connectivity index (χ1n) is 7.91. The summed E-state index contributed by atoms with van der Waals surface area (Å²) in [6.07, 6.45) is 3.13. The van der Waals surface area contributed by atoms with E-state index < -0.39 is 10.0 Å². The van der Waals surface area contributed by atoms with Crippen molar-refractivity contribution in [1.29, 1.82) is 0 Å². The highest BCUT2D eigenvalue weighted by molar-refractivity contribution is 7.93. The van der Waals surface area contributed by atoms with Crippen LogP contribution in [0.5, 0.6) is 11.5 Å². The monoisotopic (exact) mass is 398 g/mol. The van der Waals surface area contributed by atoms with Gasteiger partial charge in [0.05, 0.1) is 5.69 Å². The topological polar surface area (TPSA) is 97.0 Å². The van der Waals surface area contributed by atoms with E-state index in [2.05, 4.69) is 19.9 Å². The molecule has 27 heavy (non-hydrogen) atoms. The maximum atomic E-state index is 13.0. The van der Waals surface area contributed by atoms with Crippen LogP contribution in [-0.4, -0.2) is 23.6 Å². The minimum absolute atomic E-state index is 0.00801. The van der Waals surface area contributed by atoms with Crippen molar-refractivity contribution in [3.8, 4) is 22.8 Å². The van der Waals surface area contributed by atoms with E-state index in [4.69, 9.17) is 4.74 Å². The number of hydrogen-bond acceptors (Lipinski definition) is 6. The second-order valence-corrected chi connectivity index (χ2v) is 8.01. The maximum absolute atomic E-state index is 13.0. The number of nitrogens with zero attached hydrogens (tertiary/aromatic N) is 2. The summed E-state index contributed by atoms with van der Waals surface area (Å²) < 4.78 is 34.4. The summed E-state index contributed by atoms with van der Waals surface area (Å²) in [5, 5.41) is 8.77. The minimum Gasteiger partial charge on any atom is -0.455 e. The number of benzene rings is 2.